The molecule has 0 amide bonds. The van der Waals surface area contributed by atoms with Crippen molar-refractivity contribution in [2.24, 2.45) is 10.9 Å². The zero-order valence-electron chi connectivity index (χ0n) is 18.4. The molecule has 6 nitrogen and oxygen atoms in total. The molecule has 0 radical (unpaired) electrons. The van der Waals surface area contributed by atoms with Gasteiger partial charge in [-0.3, -0.25) is 4.99 Å². The summed E-state index contributed by atoms with van der Waals surface area (Å²) in [7, 11) is 3.40. The highest BCUT2D eigenvalue weighted by Gasteiger charge is 2.22. The van der Waals surface area contributed by atoms with Gasteiger partial charge < -0.3 is 25.0 Å². The number of hydrogen-bond donors (Lipinski definition) is 2. The predicted molar refractivity (Wildman–Crippen MR) is 124 cm³/mol. The highest BCUT2D eigenvalue weighted by molar-refractivity contribution is 5.79. The van der Waals surface area contributed by atoms with Crippen LogP contribution in [0.2, 0.25) is 0 Å². The maximum absolute atomic E-state index is 5.36. The summed E-state index contributed by atoms with van der Waals surface area (Å²) in [5.74, 6) is 3.25. The fourth-order valence-electron chi connectivity index (χ4n) is 3.70. The lowest BCUT2D eigenvalue weighted by Crippen LogP contribution is -2.38. The van der Waals surface area contributed by atoms with Crippen LogP contribution < -0.4 is 25.0 Å². The quantitative estimate of drug-likeness (QED) is 0.491. The Morgan fingerprint density at radius 3 is 2.60 bits per heavy atom. The van der Waals surface area contributed by atoms with E-state index in [9.17, 15) is 0 Å². The van der Waals surface area contributed by atoms with Crippen LogP contribution in [0.5, 0.6) is 11.5 Å². The molecule has 3 rings (SSSR count). The molecule has 1 atom stereocenters. The van der Waals surface area contributed by atoms with Gasteiger partial charge in [-0.15, -0.1) is 0 Å². The Bertz CT molecular complexity index is 807. The van der Waals surface area contributed by atoms with Gasteiger partial charge in [0.2, 0.25) is 0 Å². The van der Waals surface area contributed by atoms with E-state index in [1.807, 2.05) is 18.2 Å². The number of nitrogens with one attached hydrogen (secondary N) is 2. The third-order valence-corrected chi connectivity index (χ3v) is 5.42. The number of benzene rings is 2. The minimum Gasteiger partial charge on any atom is -0.497 e. The Morgan fingerprint density at radius 1 is 1.07 bits per heavy atom. The molecular weight excluding hydrogens is 376 g/mol. The number of methoxy groups -OCH3 is 2. The molecule has 2 N–H and O–H groups in total. The minimum absolute atomic E-state index is 0.563. The number of ether oxygens (including phenoxy) is 2. The lowest BCUT2D eigenvalue weighted by molar-refractivity contribution is 0.414. The fourth-order valence-corrected chi connectivity index (χ4v) is 3.70. The van der Waals surface area contributed by atoms with E-state index >= 15 is 0 Å². The summed E-state index contributed by atoms with van der Waals surface area (Å²) in [6.45, 7) is 6.73. The van der Waals surface area contributed by atoms with Crippen LogP contribution in [-0.4, -0.2) is 52.9 Å². The van der Waals surface area contributed by atoms with Crippen LogP contribution in [0, 0.1) is 5.92 Å². The smallest absolute Gasteiger partial charge is 0.191 e. The van der Waals surface area contributed by atoms with Crippen LogP contribution in [0.15, 0.2) is 53.5 Å². The van der Waals surface area contributed by atoms with Crippen LogP contribution >= 0.6 is 0 Å². The Hall–Kier alpha value is -2.89. The van der Waals surface area contributed by atoms with E-state index in [0.717, 1.165) is 63.0 Å². The summed E-state index contributed by atoms with van der Waals surface area (Å²) in [5.41, 5.74) is 2.51. The van der Waals surface area contributed by atoms with E-state index in [-0.39, 0.29) is 0 Å². The van der Waals surface area contributed by atoms with Crippen molar-refractivity contribution in [2.75, 3.05) is 51.8 Å². The molecule has 162 valence electrons. The Labute approximate surface area is 180 Å². The summed E-state index contributed by atoms with van der Waals surface area (Å²) in [6, 6.07) is 16.5. The second-order valence-corrected chi connectivity index (χ2v) is 7.55. The number of nitrogens with zero attached hydrogens (tertiary/aromatic N) is 2. The van der Waals surface area contributed by atoms with Gasteiger partial charge >= 0.3 is 0 Å². The molecule has 30 heavy (non-hydrogen) atoms. The van der Waals surface area contributed by atoms with E-state index in [0.29, 0.717) is 5.92 Å². The maximum Gasteiger partial charge on any atom is 0.191 e. The third-order valence-electron chi connectivity index (χ3n) is 5.42. The van der Waals surface area contributed by atoms with Gasteiger partial charge in [0.15, 0.2) is 5.96 Å². The van der Waals surface area contributed by atoms with Crippen molar-refractivity contribution < 1.29 is 9.47 Å². The fraction of sp³-hybridized carbons (Fsp3) is 0.458. The van der Waals surface area contributed by atoms with E-state index in [2.05, 4.69) is 52.8 Å². The maximum atomic E-state index is 5.36. The summed E-state index contributed by atoms with van der Waals surface area (Å²) in [5, 5.41) is 6.81. The van der Waals surface area contributed by atoms with Crippen molar-refractivity contribution in [2.45, 2.75) is 19.8 Å². The van der Waals surface area contributed by atoms with Crippen molar-refractivity contribution in [1.82, 2.24) is 10.6 Å². The van der Waals surface area contributed by atoms with Crippen LogP contribution in [0.1, 0.15) is 18.9 Å². The van der Waals surface area contributed by atoms with Crippen molar-refractivity contribution in [1.29, 1.82) is 0 Å². The van der Waals surface area contributed by atoms with Gasteiger partial charge in [-0.25, -0.2) is 0 Å². The second kappa shape index (κ2) is 11.3. The topological polar surface area (TPSA) is 58.1 Å². The largest absolute Gasteiger partial charge is 0.497 e. The third kappa shape index (κ3) is 6.31. The van der Waals surface area contributed by atoms with E-state index in [4.69, 9.17) is 14.5 Å². The van der Waals surface area contributed by atoms with Gasteiger partial charge in [0.05, 0.1) is 14.2 Å². The highest BCUT2D eigenvalue weighted by Crippen LogP contribution is 2.27. The Balaban J connectivity index is 1.48. The van der Waals surface area contributed by atoms with E-state index < -0.39 is 0 Å². The molecule has 0 spiro atoms. The molecule has 0 bridgehead atoms. The van der Waals surface area contributed by atoms with Crippen LogP contribution in [-0.2, 0) is 6.42 Å². The zero-order chi connectivity index (χ0) is 21.2. The van der Waals surface area contributed by atoms with Crippen molar-refractivity contribution in [3.05, 3.63) is 54.1 Å². The van der Waals surface area contributed by atoms with Crippen LogP contribution in [0.25, 0.3) is 0 Å². The van der Waals surface area contributed by atoms with Gasteiger partial charge in [0.1, 0.15) is 11.5 Å². The molecule has 2 aromatic carbocycles. The van der Waals surface area contributed by atoms with Gasteiger partial charge in [0.25, 0.3) is 0 Å². The average Bonchev–Trinajstić information content (AvgIpc) is 3.27. The van der Waals surface area contributed by atoms with Crippen molar-refractivity contribution in [3.63, 3.8) is 0 Å². The highest BCUT2D eigenvalue weighted by atomic mass is 16.5. The number of hydrogen-bond acceptors (Lipinski definition) is 4. The first-order valence-electron chi connectivity index (χ1n) is 10.8. The predicted octanol–water partition coefficient (Wildman–Crippen LogP) is 3.33. The first kappa shape index (κ1) is 21.8. The summed E-state index contributed by atoms with van der Waals surface area (Å²) < 4.78 is 10.6. The number of guanidine groups is 1. The number of aliphatic imine (C=N–C) groups is 1. The molecular formula is C24H34N4O2. The average molecular weight is 411 g/mol. The van der Waals surface area contributed by atoms with Crippen molar-refractivity contribution in [3.8, 4) is 11.5 Å². The van der Waals surface area contributed by atoms with Crippen LogP contribution in [0.4, 0.5) is 5.69 Å². The lowest BCUT2D eigenvalue weighted by Gasteiger charge is -2.19. The molecule has 2 aromatic rings. The summed E-state index contributed by atoms with van der Waals surface area (Å²) in [6.07, 6.45) is 2.10. The normalized spacial score (nSPS) is 16.4. The summed E-state index contributed by atoms with van der Waals surface area (Å²) >= 11 is 0. The SMILES string of the molecule is CCNC(=NCC1CCN(c2cccc(OC)c2)C1)NCCc1ccc(OC)cc1. The minimum atomic E-state index is 0.563. The zero-order valence-corrected chi connectivity index (χ0v) is 18.4. The Morgan fingerprint density at radius 2 is 1.87 bits per heavy atom. The van der Waals surface area contributed by atoms with Gasteiger partial charge in [-0.2, -0.15) is 0 Å². The van der Waals surface area contributed by atoms with Gasteiger partial charge in [0, 0.05) is 44.5 Å². The summed E-state index contributed by atoms with van der Waals surface area (Å²) in [4.78, 5) is 7.26. The number of anilines is 1. The van der Waals surface area contributed by atoms with Crippen LogP contribution in [0.3, 0.4) is 0 Å². The molecule has 1 heterocycles. The molecule has 1 fully saturated rings. The molecule has 0 aliphatic carbocycles. The molecule has 0 aromatic heterocycles. The first-order valence-corrected chi connectivity index (χ1v) is 10.8. The molecule has 0 saturated carbocycles. The molecule has 6 heteroatoms. The molecule has 1 saturated heterocycles. The molecule has 1 aliphatic rings. The lowest BCUT2D eigenvalue weighted by atomic mass is 10.1. The monoisotopic (exact) mass is 410 g/mol. The molecule has 1 aliphatic heterocycles. The van der Waals surface area contributed by atoms with Crippen molar-refractivity contribution >= 4 is 11.6 Å². The first-order chi connectivity index (χ1) is 14.7. The van der Waals surface area contributed by atoms with Gasteiger partial charge in [-0.05, 0) is 55.5 Å². The van der Waals surface area contributed by atoms with E-state index in [1.54, 1.807) is 14.2 Å². The van der Waals surface area contributed by atoms with E-state index in [1.165, 1.54) is 11.3 Å². The van der Waals surface area contributed by atoms with Gasteiger partial charge in [-0.1, -0.05) is 18.2 Å². The Kier molecular flexibility index (Phi) is 8.24. The number of rotatable bonds is 9. The second-order valence-electron chi connectivity index (χ2n) is 7.55. The standard InChI is InChI=1S/C24H34N4O2/c1-4-25-24(26-14-12-19-8-10-22(29-2)11-9-19)27-17-20-13-15-28(18-20)21-6-5-7-23(16-21)30-3/h5-11,16,20H,4,12-15,17-18H2,1-3H3,(H2,25,26,27). The molecule has 1 unspecified atom stereocenters.